The number of pyridine rings is 1. The summed E-state index contributed by atoms with van der Waals surface area (Å²) >= 11 is 0. The lowest BCUT2D eigenvalue weighted by molar-refractivity contribution is -0.138. The average Bonchev–Trinajstić information content (AvgIpc) is 2.82. The van der Waals surface area contributed by atoms with Crippen LogP contribution < -0.4 is 16.0 Å². The molecule has 2 heterocycles. The number of rotatable bonds is 8. The van der Waals surface area contributed by atoms with Crippen molar-refractivity contribution in [3.63, 3.8) is 0 Å². The van der Waals surface area contributed by atoms with E-state index >= 15 is 0 Å². The van der Waals surface area contributed by atoms with Crippen LogP contribution in [0.25, 0.3) is 0 Å². The topological polar surface area (TPSA) is 86.3 Å². The first-order valence-corrected chi connectivity index (χ1v) is 10.9. The molecule has 1 aromatic heterocycles. The first-order valence-electron chi connectivity index (χ1n) is 10.9. The third-order valence-electron chi connectivity index (χ3n) is 5.95. The molecule has 0 fully saturated rings. The molecule has 0 saturated heterocycles. The van der Waals surface area contributed by atoms with Gasteiger partial charge in [0.1, 0.15) is 17.5 Å². The highest BCUT2D eigenvalue weighted by Gasteiger charge is 2.28. The van der Waals surface area contributed by atoms with Crippen molar-refractivity contribution in [2.45, 2.75) is 31.3 Å². The van der Waals surface area contributed by atoms with Gasteiger partial charge in [0.05, 0.1) is 29.9 Å². The van der Waals surface area contributed by atoms with Crippen molar-refractivity contribution in [3.8, 4) is 0 Å². The number of fused-ring (bicyclic) bond motifs is 1. The molecule has 0 bridgehead atoms. The predicted octanol–water partition coefficient (Wildman–Crippen LogP) is 4.33. The lowest BCUT2D eigenvalue weighted by Crippen LogP contribution is -2.44. The van der Waals surface area contributed by atoms with Crippen LogP contribution in [-0.2, 0) is 11.2 Å². The van der Waals surface area contributed by atoms with Crippen molar-refractivity contribution in [2.75, 3.05) is 23.7 Å². The van der Waals surface area contributed by atoms with Gasteiger partial charge in [0, 0.05) is 18.2 Å². The van der Waals surface area contributed by atoms with Crippen molar-refractivity contribution in [2.24, 2.45) is 0 Å². The number of nitrogens with one attached hydrogen (secondary N) is 3. The third kappa shape index (κ3) is 5.12. The van der Waals surface area contributed by atoms with Crippen LogP contribution in [0.2, 0.25) is 0 Å². The Morgan fingerprint density at radius 2 is 2.00 bits per heavy atom. The summed E-state index contributed by atoms with van der Waals surface area (Å²) in [5.41, 5.74) is 2.32. The molecule has 2 aromatic carbocycles. The first-order chi connectivity index (χ1) is 15.9. The van der Waals surface area contributed by atoms with E-state index in [-0.39, 0.29) is 17.6 Å². The van der Waals surface area contributed by atoms with Crippen LogP contribution in [0.4, 0.5) is 20.3 Å². The van der Waals surface area contributed by atoms with Crippen LogP contribution in [0.1, 0.15) is 35.6 Å². The van der Waals surface area contributed by atoms with Gasteiger partial charge in [-0.1, -0.05) is 48.5 Å². The van der Waals surface area contributed by atoms with E-state index in [0.717, 1.165) is 5.56 Å². The Balaban J connectivity index is 1.49. The molecule has 1 aliphatic rings. The van der Waals surface area contributed by atoms with E-state index < -0.39 is 23.5 Å². The molecule has 33 heavy (non-hydrogen) atoms. The van der Waals surface area contributed by atoms with Crippen LogP contribution in [0.3, 0.4) is 0 Å². The smallest absolute Gasteiger partial charge is 0.310 e. The normalized spacial score (nSPS) is 16.8. The summed E-state index contributed by atoms with van der Waals surface area (Å²) < 4.78 is 28.4. The van der Waals surface area contributed by atoms with E-state index in [1.807, 2.05) is 30.3 Å². The summed E-state index contributed by atoms with van der Waals surface area (Å²) in [6.45, 7) is 2.50. The van der Waals surface area contributed by atoms with E-state index in [1.165, 1.54) is 25.3 Å². The summed E-state index contributed by atoms with van der Waals surface area (Å²) in [5.74, 6) is -2.26. The Morgan fingerprint density at radius 3 is 2.76 bits per heavy atom. The predicted molar refractivity (Wildman–Crippen MR) is 123 cm³/mol. The molecule has 4 N–H and O–H groups in total. The van der Waals surface area contributed by atoms with Crippen molar-refractivity contribution in [1.29, 1.82) is 0 Å². The highest BCUT2D eigenvalue weighted by atomic mass is 19.1. The fraction of sp³-hybridized carbons (Fsp3) is 0.280. The van der Waals surface area contributed by atoms with Gasteiger partial charge in [0.2, 0.25) is 0 Å². The molecule has 0 saturated carbocycles. The summed E-state index contributed by atoms with van der Waals surface area (Å²) in [6, 6.07) is 16.0. The third-order valence-corrected chi connectivity index (χ3v) is 5.95. The fourth-order valence-corrected chi connectivity index (χ4v) is 4.11. The van der Waals surface area contributed by atoms with Crippen LogP contribution in [0.15, 0.2) is 60.8 Å². The highest BCUT2D eigenvalue weighted by Crippen LogP contribution is 2.29. The maximum atomic E-state index is 14.9. The van der Waals surface area contributed by atoms with Crippen molar-refractivity contribution >= 4 is 17.5 Å². The number of hydrogen-bond donors (Lipinski definition) is 4. The molecule has 3 atom stereocenters. The van der Waals surface area contributed by atoms with E-state index in [2.05, 4.69) is 20.9 Å². The molecule has 0 radical (unpaired) electrons. The van der Waals surface area contributed by atoms with E-state index in [9.17, 15) is 18.7 Å². The molecule has 0 spiro atoms. The highest BCUT2D eigenvalue weighted by molar-refractivity contribution is 5.75. The summed E-state index contributed by atoms with van der Waals surface area (Å²) in [5, 5.41) is 19.4. The average molecular weight is 453 g/mol. The zero-order valence-corrected chi connectivity index (χ0v) is 18.2. The van der Waals surface area contributed by atoms with E-state index in [1.54, 1.807) is 12.1 Å². The Kier molecular flexibility index (Phi) is 6.84. The monoisotopic (exact) mass is 452 g/mol. The van der Waals surface area contributed by atoms with Crippen LogP contribution >= 0.6 is 0 Å². The molecule has 6 nitrogen and oxygen atoms in total. The lowest BCUT2D eigenvalue weighted by Gasteiger charge is -2.34. The number of aromatic nitrogens is 1. The minimum atomic E-state index is -1.06. The minimum Gasteiger partial charge on any atom is -0.481 e. The van der Waals surface area contributed by atoms with Crippen molar-refractivity contribution in [3.05, 3.63) is 89.1 Å². The second kappa shape index (κ2) is 9.95. The Labute approximate surface area is 191 Å². The Morgan fingerprint density at radius 1 is 1.21 bits per heavy atom. The van der Waals surface area contributed by atoms with Crippen LogP contribution in [0.5, 0.6) is 0 Å². The van der Waals surface area contributed by atoms with Gasteiger partial charge in [0.25, 0.3) is 0 Å². The molecule has 0 aliphatic carbocycles. The molecule has 1 aliphatic heterocycles. The molecular formula is C25H26F2N4O2. The largest absolute Gasteiger partial charge is 0.481 e. The molecule has 0 unspecified atom stereocenters. The Hall–Kier alpha value is -3.52. The molecular weight excluding hydrogens is 426 g/mol. The molecule has 172 valence electrons. The number of carboxylic acid groups (broad SMARTS) is 1. The molecule has 3 aromatic rings. The maximum Gasteiger partial charge on any atom is 0.310 e. The van der Waals surface area contributed by atoms with Gasteiger partial charge < -0.3 is 21.1 Å². The number of nitrogens with zero attached hydrogens (tertiary/aromatic N) is 1. The summed E-state index contributed by atoms with van der Waals surface area (Å²) in [4.78, 5) is 15.4. The number of halogens is 2. The van der Waals surface area contributed by atoms with Crippen LogP contribution in [0, 0.1) is 11.6 Å². The number of anilines is 2. The SMILES string of the molecule is C[C@@H](C(=O)O)c1cccc(CCN[C@H](c2ccccc2)[C@H]2CNc3cc(F)cnc3N2)c1F. The molecule has 0 amide bonds. The second-order valence-corrected chi connectivity index (χ2v) is 8.15. The van der Waals surface area contributed by atoms with Gasteiger partial charge in [-0.2, -0.15) is 0 Å². The Bertz CT molecular complexity index is 1130. The van der Waals surface area contributed by atoms with Gasteiger partial charge in [-0.05, 0) is 31.0 Å². The number of aliphatic carboxylic acids is 1. The van der Waals surface area contributed by atoms with Gasteiger partial charge >= 0.3 is 5.97 Å². The molecule has 8 heteroatoms. The quantitative estimate of drug-likeness (QED) is 0.407. The second-order valence-electron chi connectivity index (χ2n) is 8.15. The zero-order valence-electron chi connectivity index (χ0n) is 18.2. The first kappa shape index (κ1) is 22.7. The zero-order chi connectivity index (χ0) is 23.4. The van der Waals surface area contributed by atoms with Crippen molar-refractivity contribution in [1.82, 2.24) is 10.3 Å². The standard InChI is InChI=1S/C25H26F2N4O2/c1-15(25(32)33)19-9-5-8-16(22(19)27)10-11-28-23(17-6-3-2-4-7-17)21-14-29-20-12-18(26)13-30-24(20)31-21/h2-9,12-13,15,21,23,28-29H,10-11,14H2,1H3,(H,30,31)(H,32,33)/t15-,21-,23-/m1/s1. The maximum absolute atomic E-state index is 14.9. The summed E-state index contributed by atoms with van der Waals surface area (Å²) in [6.07, 6.45) is 1.57. The van der Waals surface area contributed by atoms with E-state index in [0.29, 0.717) is 36.6 Å². The van der Waals surface area contributed by atoms with Crippen LogP contribution in [-0.4, -0.2) is 35.2 Å². The van der Waals surface area contributed by atoms with Gasteiger partial charge in [0.15, 0.2) is 0 Å². The summed E-state index contributed by atoms with van der Waals surface area (Å²) in [7, 11) is 0. The number of hydrogen-bond acceptors (Lipinski definition) is 5. The van der Waals surface area contributed by atoms with E-state index in [4.69, 9.17) is 0 Å². The van der Waals surface area contributed by atoms with Gasteiger partial charge in [-0.15, -0.1) is 0 Å². The number of carboxylic acids is 1. The number of benzene rings is 2. The minimum absolute atomic E-state index is 0.0823. The van der Waals surface area contributed by atoms with Crippen molar-refractivity contribution < 1.29 is 18.7 Å². The van der Waals surface area contributed by atoms with Gasteiger partial charge in [-0.3, -0.25) is 4.79 Å². The molecule has 4 rings (SSSR count). The lowest BCUT2D eigenvalue weighted by atomic mass is 9.96. The van der Waals surface area contributed by atoms with Gasteiger partial charge in [-0.25, -0.2) is 13.8 Å². The number of carbonyl (C=O) groups is 1. The fourth-order valence-electron chi connectivity index (χ4n) is 4.11.